The molecule has 7 nitrogen and oxygen atoms in total. The number of hydrogen-bond acceptors (Lipinski definition) is 6. The van der Waals surface area contributed by atoms with E-state index in [2.05, 4.69) is 27.5 Å². The van der Waals surface area contributed by atoms with Crippen LogP contribution in [-0.4, -0.2) is 26.9 Å². The standard InChI is InChI=1S/C19H19N5O2/c1-3-14-10-19(24-18(22-14)7-8-21-24)20-12-16-11-17(23-26-16)13-5-4-6-15(9-13)25-2/h4-11,20H,3,12H2,1-2H3. The molecular weight excluding hydrogens is 330 g/mol. The molecule has 1 N–H and O–H groups in total. The number of rotatable bonds is 6. The van der Waals surface area contributed by atoms with Crippen LogP contribution in [-0.2, 0) is 13.0 Å². The van der Waals surface area contributed by atoms with Crippen LogP contribution in [0.2, 0.25) is 0 Å². The summed E-state index contributed by atoms with van der Waals surface area (Å²) in [5.41, 5.74) is 3.55. The highest BCUT2D eigenvalue weighted by molar-refractivity contribution is 5.61. The predicted octanol–water partition coefficient (Wildman–Crippen LogP) is 3.57. The number of nitrogens with one attached hydrogen (secondary N) is 1. The summed E-state index contributed by atoms with van der Waals surface area (Å²) in [7, 11) is 1.65. The van der Waals surface area contributed by atoms with Crippen LogP contribution in [0, 0.1) is 0 Å². The van der Waals surface area contributed by atoms with Gasteiger partial charge in [0.2, 0.25) is 0 Å². The van der Waals surface area contributed by atoms with E-state index in [0.29, 0.717) is 6.54 Å². The largest absolute Gasteiger partial charge is 0.497 e. The number of nitrogens with zero attached hydrogens (tertiary/aromatic N) is 4. The van der Waals surface area contributed by atoms with Crippen LogP contribution in [0.5, 0.6) is 5.75 Å². The van der Waals surface area contributed by atoms with Gasteiger partial charge in [-0.3, -0.25) is 0 Å². The third-order valence-electron chi connectivity index (χ3n) is 4.14. The average molecular weight is 349 g/mol. The summed E-state index contributed by atoms with van der Waals surface area (Å²) >= 11 is 0. The molecule has 3 aromatic heterocycles. The topological polar surface area (TPSA) is 77.5 Å². The summed E-state index contributed by atoms with van der Waals surface area (Å²) in [6, 6.07) is 13.5. The van der Waals surface area contributed by atoms with Crippen molar-refractivity contribution in [2.24, 2.45) is 0 Å². The molecule has 0 atom stereocenters. The Morgan fingerprint density at radius 3 is 2.96 bits per heavy atom. The van der Waals surface area contributed by atoms with Crippen LogP contribution in [0.25, 0.3) is 16.9 Å². The van der Waals surface area contributed by atoms with Gasteiger partial charge in [0, 0.05) is 29.5 Å². The van der Waals surface area contributed by atoms with Crippen molar-refractivity contribution in [3.63, 3.8) is 0 Å². The first-order chi connectivity index (χ1) is 12.8. The zero-order valence-corrected chi connectivity index (χ0v) is 14.6. The molecule has 0 amide bonds. The molecule has 26 heavy (non-hydrogen) atoms. The Kier molecular flexibility index (Phi) is 4.27. The van der Waals surface area contributed by atoms with Crippen LogP contribution in [0.1, 0.15) is 18.4 Å². The molecule has 4 rings (SSSR count). The van der Waals surface area contributed by atoms with E-state index in [-0.39, 0.29) is 0 Å². The van der Waals surface area contributed by atoms with Crippen molar-refractivity contribution in [2.75, 3.05) is 12.4 Å². The second-order valence-corrected chi connectivity index (χ2v) is 5.85. The van der Waals surface area contributed by atoms with Gasteiger partial charge in [-0.15, -0.1) is 0 Å². The fourth-order valence-corrected chi connectivity index (χ4v) is 2.76. The zero-order chi connectivity index (χ0) is 17.9. The lowest BCUT2D eigenvalue weighted by Gasteiger charge is -2.08. The minimum atomic E-state index is 0.499. The first kappa shape index (κ1) is 16.1. The molecule has 0 spiro atoms. The van der Waals surface area contributed by atoms with Crippen molar-refractivity contribution in [1.29, 1.82) is 0 Å². The van der Waals surface area contributed by atoms with Gasteiger partial charge in [-0.25, -0.2) is 4.98 Å². The molecule has 0 radical (unpaired) electrons. The molecule has 0 bridgehead atoms. The van der Waals surface area contributed by atoms with E-state index in [1.54, 1.807) is 17.8 Å². The quantitative estimate of drug-likeness (QED) is 0.573. The molecule has 0 aliphatic heterocycles. The van der Waals surface area contributed by atoms with Crippen molar-refractivity contribution in [3.05, 3.63) is 60.1 Å². The van der Waals surface area contributed by atoms with E-state index < -0.39 is 0 Å². The number of ether oxygens (including phenoxy) is 1. The van der Waals surface area contributed by atoms with Crippen LogP contribution < -0.4 is 10.1 Å². The van der Waals surface area contributed by atoms with E-state index in [4.69, 9.17) is 9.26 Å². The Bertz CT molecular complexity index is 1040. The smallest absolute Gasteiger partial charge is 0.157 e. The van der Waals surface area contributed by atoms with Gasteiger partial charge < -0.3 is 14.6 Å². The first-order valence-corrected chi connectivity index (χ1v) is 8.44. The number of methoxy groups -OCH3 is 1. The molecular formula is C19H19N5O2. The number of benzene rings is 1. The minimum Gasteiger partial charge on any atom is -0.497 e. The van der Waals surface area contributed by atoms with Gasteiger partial charge in [-0.05, 0) is 18.6 Å². The van der Waals surface area contributed by atoms with Gasteiger partial charge in [0.25, 0.3) is 0 Å². The number of hydrogen-bond donors (Lipinski definition) is 1. The van der Waals surface area contributed by atoms with Crippen molar-refractivity contribution in [3.8, 4) is 17.0 Å². The lowest BCUT2D eigenvalue weighted by Crippen LogP contribution is -2.06. The van der Waals surface area contributed by atoms with Crippen molar-refractivity contribution < 1.29 is 9.26 Å². The summed E-state index contributed by atoms with van der Waals surface area (Å²) in [5.74, 6) is 2.39. The van der Waals surface area contributed by atoms with E-state index in [1.807, 2.05) is 42.5 Å². The molecule has 3 heterocycles. The van der Waals surface area contributed by atoms with Gasteiger partial charge in [0.05, 0.1) is 19.9 Å². The summed E-state index contributed by atoms with van der Waals surface area (Å²) < 4.78 is 12.5. The SMILES string of the molecule is CCc1cc(NCc2cc(-c3cccc(OC)c3)no2)n2nccc2n1. The molecule has 1 aromatic carbocycles. The third-order valence-corrected chi connectivity index (χ3v) is 4.14. The fraction of sp³-hybridized carbons (Fsp3) is 0.211. The Balaban J connectivity index is 1.54. The normalized spacial score (nSPS) is 11.0. The number of anilines is 1. The van der Waals surface area contributed by atoms with Gasteiger partial charge in [-0.2, -0.15) is 9.61 Å². The maximum absolute atomic E-state index is 5.47. The second-order valence-electron chi connectivity index (χ2n) is 5.85. The van der Waals surface area contributed by atoms with E-state index in [0.717, 1.165) is 46.3 Å². The zero-order valence-electron chi connectivity index (χ0n) is 14.6. The summed E-state index contributed by atoms with van der Waals surface area (Å²) in [4.78, 5) is 4.54. The van der Waals surface area contributed by atoms with Gasteiger partial charge in [0.15, 0.2) is 11.4 Å². The Morgan fingerprint density at radius 2 is 2.12 bits per heavy atom. The highest BCUT2D eigenvalue weighted by Gasteiger charge is 2.10. The van der Waals surface area contributed by atoms with Crippen molar-refractivity contribution in [2.45, 2.75) is 19.9 Å². The Morgan fingerprint density at radius 1 is 1.19 bits per heavy atom. The average Bonchev–Trinajstić information content (AvgIpc) is 3.35. The summed E-state index contributed by atoms with van der Waals surface area (Å²) in [6.07, 6.45) is 2.60. The maximum Gasteiger partial charge on any atom is 0.157 e. The molecule has 0 aliphatic rings. The highest BCUT2D eigenvalue weighted by Crippen LogP contribution is 2.24. The predicted molar refractivity (Wildman–Crippen MR) is 98.2 cm³/mol. The van der Waals surface area contributed by atoms with Gasteiger partial charge in [0.1, 0.15) is 17.3 Å². The van der Waals surface area contributed by atoms with Crippen molar-refractivity contribution >= 4 is 11.5 Å². The van der Waals surface area contributed by atoms with E-state index >= 15 is 0 Å². The lowest BCUT2D eigenvalue weighted by atomic mass is 10.1. The molecule has 0 saturated carbocycles. The number of fused-ring (bicyclic) bond motifs is 1. The molecule has 132 valence electrons. The maximum atomic E-state index is 5.47. The second kappa shape index (κ2) is 6.87. The van der Waals surface area contributed by atoms with Gasteiger partial charge in [-0.1, -0.05) is 24.2 Å². The molecule has 7 heteroatoms. The molecule has 0 aliphatic carbocycles. The highest BCUT2D eigenvalue weighted by atomic mass is 16.5. The monoisotopic (exact) mass is 349 g/mol. The number of aromatic nitrogens is 4. The molecule has 0 saturated heterocycles. The first-order valence-electron chi connectivity index (χ1n) is 8.44. The van der Waals surface area contributed by atoms with E-state index in [1.165, 1.54) is 0 Å². The molecule has 4 aromatic rings. The summed E-state index contributed by atoms with van der Waals surface area (Å²) in [5, 5.41) is 11.8. The van der Waals surface area contributed by atoms with Crippen LogP contribution in [0.3, 0.4) is 0 Å². The van der Waals surface area contributed by atoms with Crippen LogP contribution >= 0.6 is 0 Å². The lowest BCUT2D eigenvalue weighted by molar-refractivity contribution is 0.389. The van der Waals surface area contributed by atoms with E-state index in [9.17, 15) is 0 Å². The third kappa shape index (κ3) is 3.11. The minimum absolute atomic E-state index is 0.499. The number of aryl methyl sites for hydroxylation is 1. The van der Waals surface area contributed by atoms with Gasteiger partial charge >= 0.3 is 0 Å². The van der Waals surface area contributed by atoms with Crippen molar-refractivity contribution in [1.82, 2.24) is 19.8 Å². The van der Waals surface area contributed by atoms with Crippen LogP contribution in [0.4, 0.5) is 5.82 Å². The van der Waals surface area contributed by atoms with Crippen LogP contribution in [0.15, 0.2) is 53.2 Å². The summed E-state index contributed by atoms with van der Waals surface area (Å²) in [6.45, 7) is 2.58. The molecule has 0 unspecified atom stereocenters. The fourth-order valence-electron chi connectivity index (χ4n) is 2.76. The Labute approximate surface area is 150 Å². The Hall–Kier alpha value is -3.35. The molecule has 0 fully saturated rings.